The minimum atomic E-state index is -0.653. The Labute approximate surface area is 247 Å². The number of amides is 1. The third-order valence-electron chi connectivity index (χ3n) is 7.42. The number of allylic oxidation sites excluding steroid dienone is 1. The minimum absolute atomic E-state index is 0.184. The summed E-state index contributed by atoms with van der Waals surface area (Å²) >= 11 is 1.34. The molecule has 0 fully saturated rings. The van der Waals surface area contributed by atoms with E-state index in [1.54, 1.807) is 4.57 Å². The topological polar surface area (TPSA) is 77.6 Å². The molecule has 1 N–H and O–H groups in total. The number of thiazole rings is 1. The maximum absolute atomic E-state index is 14.2. The Bertz CT molecular complexity index is 2000. The molecule has 0 saturated carbocycles. The molecule has 0 bridgehead atoms. The zero-order valence-electron chi connectivity index (χ0n) is 24.0. The van der Waals surface area contributed by atoms with Gasteiger partial charge in [0.1, 0.15) is 5.75 Å². The van der Waals surface area contributed by atoms with Crippen LogP contribution in [0.4, 0.5) is 5.69 Å². The van der Waals surface area contributed by atoms with Crippen molar-refractivity contribution >= 4 is 39.9 Å². The van der Waals surface area contributed by atoms with E-state index in [4.69, 9.17) is 9.73 Å². The normalized spacial score (nSPS) is 15.2. The maximum atomic E-state index is 14.2. The molecule has 1 aliphatic heterocycles. The van der Waals surface area contributed by atoms with Gasteiger partial charge in [0.15, 0.2) is 4.80 Å². The first-order valence-corrected chi connectivity index (χ1v) is 14.9. The highest BCUT2D eigenvalue weighted by Crippen LogP contribution is 2.32. The predicted molar refractivity (Wildman–Crippen MR) is 169 cm³/mol. The fraction of sp³-hybridized carbons (Fsp3) is 0.206. The van der Waals surface area contributed by atoms with Crippen molar-refractivity contribution in [2.75, 3.05) is 11.9 Å². The summed E-state index contributed by atoms with van der Waals surface area (Å²) in [5.74, 6) is 0.432. The Balaban J connectivity index is 1.52. The Morgan fingerprint density at radius 2 is 1.76 bits per heavy atom. The molecule has 7 nitrogen and oxygen atoms in total. The molecule has 3 heterocycles. The summed E-state index contributed by atoms with van der Waals surface area (Å²) in [5, 5.41) is 4.08. The number of rotatable bonds is 7. The molecule has 0 saturated heterocycles. The molecule has 0 spiro atoms. The van der Waals surface area contributed by atoms with E-state index in [-0.39, 0.29) is 17.5 Å². The number of nitrogens with zero attached hydrogens (tertiary/aromatic N) is 3. The molecular weight excluding hydrogens is 544 g/mol. The van der Waals surface area contributed by atoms with Gasteiger partial charge >= 0.3 is 0 Å². The number of nitrogens with one attached hydrogen (secondary N) is 1. The van der Waals surface area contributed by atoms with Gasteiger partial charge in [-0.15, -0.1) is 0 Å². The Morgan fingerprint density at radius 1 is 1.05 bits per heavy atom. The summed E-state index contributed by atoms with van der Waals surface area (Å²) in [6.07, 6.45) is 4.05. The lowest BCUT2D eigenvalue weighted by molar-refractivity contribution is -0.113. The molecule has 1 atom stereocenters. The predicted octanol–water partition coefficient (Wildman–Crippen LogP) is 5.81. The van der Waals surface area contributed by atoms with Crippen LogP contribution in [0, 0.1) is 0 Å². The summed E-state index contributed by atoms with van der Waals surface area (Å²) in [4.78, 5) is 33.3. The van der Waals surface area contributed by atoms with Crippen LogP contribution < -0.4 is 24.9 Å². The quantitative estimate of drug-likeness (QED) is 0.266. The Morgan fingerprint density at radius 3 is 2.48 bits per heavy atom. The van der Waals surface area contributed by atoms with E-state index < -0.39 is 6.04 Å². The maximum Gasteiger partial charge on any atom is 0.271 e. The first-order chi connectivity index (χ1) is 20.4. The van der Waals surface area contributed by atoms with Crippen molar-refractivity contribution in [3.05, 3.63) is 127 Å². The van der Waals surface area contributed by atoms with E-state index in [0.29, 0.717) is 32.9 Å². The first-order valence-electron chi connectivity index (χ1n) is 14.1. The smallest absolute Gasteiger partial charge is 0.271 e. The summed E-state index contributed by atoms with van der Waals surface area (Å²) in [6.45, 7) is 8.60. The number of carbonyl (C=O) groups excluding carboxylic acids is 1. The lowest BCUT2D eigenvalue weighted by Crippen LogP contribution is -2.40. The SMILES string of the molecule is CCOc1ccc([C@H]2C(C(=O)Nc3ccccc3)=C(C)N=c3s/c(=C\c4cn(C(C)C)c5ccccc45)c(=O)n32)cc1. The number of anilines is 1. The van der Waals surface area contributed by atoms with Crippen LogP contribution >= 0.6 is 11.3 Å². The molecule has 2 aromatic heterocycles. The second-order valence-electron chi connectivity index (χ2n) is 10.5. The van der Waals surface area contributed by atoms with Gasteiger partial charge in [0, 0.05) is 34.4 Å². The second kappa shape index (κ2) is 11.3. The van der Waals surface area contributed by atoms with Crippen LogP contribution in [0.3, 0.4) is 0 Å². The number of ether oxygens (including phenoxy) is 1. The summed E-state index contributed by atoms with van der Waals surface area (Å²) < 4.78 is 10.1. The number of aromatic nitrogens is 2. The standard InChI is InChI=1S/C34H32N4O3S/c1-5-41-26-17-15-23(16-18-26)31-30(32(39)36-25-11-7-6-8-12-25)22(4)35-34-38(31)33(40)29(42-34)19-24-20-37(21(2)3)28-14-10-9-13-27(24)28/h6-21,31H,5H2,1-4H3,(H,36,39)/b29-19-/t31-/m0/s1. The highest BCUT2D eigenvalue weighted by molar-refractivity contribution is 7.07. The number of fused-ring (bicyclic) bond motifs is 2. The van der Waals surface area contributed by atoms with Crippen molar-refractivity contribution in [3.8, 4) is 5.75 Å². The molecule has 6 rings (SSSR count). The highest BCUT2D eigenvalue weighted by atomic mass is 32.1. The van der Waals surface area contributed by atoms with Gasteiger partial charge in [-0.1, -0.05) is 59.9 Å². The van der Waals surface area contributed by atoms with E-state index in [1.165, 1.54) is 11.3 Å². The number of hydrogen-bond donors (Lipinski definition) is 1. The van der Waals surface area contributed by atoms with Gasteiger partial charge in [-0.2, -0.15) is 0 Å². The van der Waals surface area contributed by atoms with Gasteiger partial charge < -0.3 is 14.6 Å². The van der Waals surface area contributed by atoms with Crippen LogP contribution in [0.5, 0.6) is 5.75 Å². The molecule has 0 unspecified atom stereocenters. The van der Waals surface area contributed by atoms with Crippen molar-refractivity contribution in [2.24, 2.45) is 4.99 Å². The largest absolute Gasteiger partial charge is 0.494 e. The van der Waals surface area contributed by atoms with E-state index in [9.17, 15) is 9.59 Å². The van der Waals surface area contributed by atoms with Gasteiger partial charge in [0.05, 0.1) is 28.5 Å². The van der Waals surface area contributed by atoms with Gasteiger partial charge in [0.25, 0.3) is 11.5 Å². The van der Waals surface area contributed by atoms with E-state index >= 15 is 0 Å². The molecule has 212 valence electrons. The molecule has 42 heavy (non-hydrogen) atoms. The molecule has 5 aromatic rings. The summed E-state index contributed by atoms with van der Waals surface area (Å²) in [7, 11) is 0. The molecule has 0 aliphatic carbocycles. The van der Waals surface area contributed by atoms with Crippen molar-refractivity contribution in [2.45, 2.75) is 39.8 Å². The van der Waals surface area contributed by atoms with E-state index in [2.05, 4.69) is 42.1 Å². The van der Waals surface area contributed by atoms with Gasteiger partial charge in [0.2, 0.25) is 0 Å². The fourth-order valence-electron chi connectivity index (χ4n) is 5.48. The van der Waals surface area contributed by atoms with Crippen LogP contribution in [0.1, 0.15) is 50.9 Å². The molecule has 1 aliphatic rings. The van der Waals surface area contributed by atoms with Crippen LogP contribution in [-0.2, 0) is 4.79 Å². The minimum Gasteiger partial charge on any atom is -0.494 e. The third kappa shape index (κ3) is 4.99. The van der Waals surface area contributed by atoms with Crippen LogP contribution in [0.15, 0.2) is 106 Å². The van der Waals surface area contributed by atoms with E-state index in [1.807, 2.05) is 86.7 Å². The monoisotopic (exact) mass is 576 g/mol. The lowest BCUT2D eigenvalue weighted by atomic mass is 9.95. The fourth-order valence-corrected chi connectivity index (χ4v) is 6.51. The van der Waals surface area contributed by atoms with Crippen LogP contribution in [0.25, 0.3) is 17.0 Å². The summed E-state index contributed by atoms with van der Waals surface area (Å²) in [5.41, 5.74) is 4.39. The van der Waals surface area contributed by atoms with Crippen LogP contribution in [-0.4, -0.2) is 21.6 Å². The van der Waals surface area contributed by atoms with Gasteiger partial charge in [-0.05, 0) is 69.7 Å². The molecule has 1 amide bonds. The van der Waals surface area contributed by atoms with Crippen molar-refractivity contribution < 1.29 is 9.53 Å². The number of benzene rings is 3. The molecular formula is C34H32N4O3S. The zero-order chi connectivity index (χ0) is 29.4. The molecule has 8 heteroatoms. The lowest BCUT2D eigenvalue weighted by Gasteiger charge is -2.25. The van der Waals surface area contributed by atoms with Gasteiger partial charge in [-0.25, -0.2) is 4.99 Å². The first kappa shape index (κ1) is 27.5. The second-order valence-corrected chi connectivity index (χ2v) is 11.5. The molecule has 0 radical (unpaired) electrons. The average Bonchev–Trinajstić information content (AvgIpc) is 3.50. The van der Waals surface area contributed by atoms with Crippen LogP contribution in [0.2, 0.25) is 0 Å². The van der Waals surface area contributed by atoms with Gasteiger partial charge in [-0.3, -0.25) is 14.2 Å². The number of hydrogen-bond acceptors (Lipinski definition) is 5. The molecule has 3 aromatic carbocycles. The number of para-hydroxylation sites is 2. The third-order valence-corrected chi connectivity index (χ3v) is 8.40. The van der Waals surface area contributed by atoms with Crippen molar-refractivity contribution in [1.82, 2.24) is 9.13 Å². The average molecular weight is 577 g/mol. The van der Waals surface area contributed by atoms with Crippen molar-refractivity contribution in [3.63, 3.8) is 0 Å². The summed E-state index contributed by atoms with van der Waals surface area (Å²) in [6, 6.07) is 24.7. The Hall–Kier alpha value is -4.69. The Kier molecular flexibility index (Phi) is 7.39. The number of carbonyl (C=O) groups is 1. The van der Waals surface area contributed by atoms with Crippen molar-refractivity contribution in [1.29, 1.82) is 0 Å². The zero-order valence-corrected chi connectivity index (χ0v) is 24.8. The van der Waals surface area contributed by atoms with E-state index in [0.717, 1.165) is 27.8 Å². The highest BCUT2D eigenvalue weighted by Gasteiger charge is 2.32.